The second kappa shape index (κ2) is 7.40. The summed E-state index contributed by atoms with van der Waals surface area (Å²) >= 11 is 0. The third-order valence-electron chi connectivity index (χ3n) is 8.24. The second-order valence-corrected chi connectivity index (χ2v) is 9.80. The van der Waals surface area contributed by atoms with Crippen molar-refractivity contribution < 1.29 is 20.1 Å². The molecule has 2 saturated carbocycles. The van der Waals surface area contributed by atoms with Crippen LogP contribution in [-0.4, -0.2) is 58.0 Å². The van der Waals surface area contributed by atoms with E-state index in [1.165, 1.54) is 0 Å². The van der Waals surface area contributed by atoms with Gasteiger partial charge in [0, 0.05) is 24.9 Å². The minimum absolute atomic E-state index is 0.0464. The fourth-order valence-electron chi connectivity index (χ4n) is 6.18. The number of piperidine rings is 1. The van der Waals surface area contributed by atoms with Crippen LogP contribution in [0.25, 0.3) is 0 Å². The van der Waals surface area contributed by atoms with Gasteiger partial charge in [-0.3, -0.25) is 4.79 Å². The Morgan fingerprint density at radius 1 is 1.08 bits per heavy atom. The number of hydrogen-bond acceptors (Lipinski definition) is 4. The summed E-state index contributed by atoms with van der Waals surface area (Å²) in [4.78, 5) is 14.9. The van der Waals surface area contributed by atoms with Gasteiger partial charge in [0.2, 0.25) is 5.91 Å². The normalized spacial score (nSPS) is 44.6. The SMILES string of the molecule is CC1CCN(C(=O)C[C@@H]2[C@H](O)CC[C@H]3[C@](C)(CO)[C@H](O)CC[C@]32C)CC1. The molecule has 0 aromatic rings. The minimum atomic E-state index is -0.547. The maximum Gasteiger partial charge on any atom is 0.222 e. The van der Waals surface area contributed by atoms with E-state index in [0.717, 1.165) is 38.8 Å². The van der Waals surface area contributed by atoms with E-state index in [9.17, 15) is 20.1 Å². The average molecular weight is 368 g/mol. The van der Waals surface area contributed by atoms with Crippen molar-refractivity contribution in [3.8, 4) is 0 Å². The number of hydrogen-bond donors (Lipinski definition) is 3. The molecule has 2 aliphatic carbocycles. The Morgan fingerprint density at radius 2 is 1.73 bits per heavy atom. The van der Waals surface area contributed by atoms with Crippen molar-refractivity contribution in [2.45, 2.75) is 77.9 Å². The average Bonchev–Trinajstić information content (AvgIpc) is 2.62. The molecule has 0 spiro atoms. The Morgan fingerprint density at radius 3 is 2.35 bits per heavy atom. The molecule has 0 bridgehead atoms. The van der Waals surface area contributed by atoms with Crippen molar-refractivity contribution in [3.05, 3.63) is 0 Å². The van der Waals surface area contributed by atoms with Crippen molar-refractivity contribution in [1.82, 2.24) is 4.90 Å². The molecule has 3 rings (SSSR count). The lowest BCUT2D eigenvalue weighted by molar-refractivity contribution is -0.187. The first kappa shape index (κ1) is 20.1. The van der Waals surface area contributed by atoms with Gasteiger partial charge >= 0.3 is 0 Å². The molecular formula is C21H37NO4. The van der Waals surface area contributed by atoms with Gasteiger partial charge in [-0.05, 0) is 61.7 Å². The molecule has 0 radical (unpaired) electrons. The predicted molar refractivity (Wildman–Crippen MR) is 100 cm³/mol. The van der Waals surface area contributed by atoms with Gasteiger partial charge in [0.1, 0.15) is 0 Å². The highest BCUT2D eigenvalue weighted by Gasteiger charge is 2.59. The van der Waals surface area contributed by atoms with Crippen LogP contribution in [0.4, 0.5) is 0 Å². The Labute approximate surface area is 157 Å². The Bertz CT molecular complexity index is 518. The lowest BCUT2D eigenvalue weighted by atomic mass is 9.46. The molecule has 150 valence electrons. The summed E-state index contributed by atoms with van der Waals surface area (Å²) in [6, 6.07) is 0. The molecule has 1 aliphatic heterocycles. The van der Waals surface area contributed by atoms with Crippen LogP contribution < -0.4 is 0 Å². The molecule has 1 saturated heterocycles. The highest BCUT2D eigenvalue weighted by molar-refractivity contribution is 5.76. The van der Waals surface area contributed by atoms with Crippen LogP contribution in [0.1, 0.15) is 65.7 Å². The summed E-state index contributed by atoms with van der Waals surface area (Å²) in [5.74, 6) is 0.892. The number of aliphatic hydroxyl groups is 3. The van der Waals surface area contributed by atoms with Crippen molar-refractivity contribution in [2.24, 2.45) is 28.6 Å². The van der Waals surface area contributed by atoms with Crippen molar-refractivity contribution >= 4 is 5.91 Å². The van der Waals surface area contributed by atoms with Crippen LogP contribution in [0.15, 0.2) is 0 Å². The third-order valence-corrected chi connectivity index (χ3v) is 8.24. The maximum absolute atomic E-state index is 12.9. The molecule has 6 atom stereocenters. The van der Waals surface area contributed by atoms with E-state index < -0.39 is 17.6 Å². The summed E-state index contributed by atoms with van der Waals surface area (Å²) < 4.78 is 0. The standard InChI is InChI=1S/C21H37NO4/c1-14-7-10-22(11-8-14)19(26)12-15-16(24)4-5-17-20(15,2)9-6-18(25)21(17,3)13-23/h14-18,23-25H,4-13H2,1-3H3/t15-,16-,17-,18-,20+,21+/m1/s1. The topological polar surface area (TPSA) is 81.0 Å². The molecule has 3 fully saturated rings. The first-order valence-corrected chi connectivity index (χ1v) is 10.5. The molecule has 0 unspecified atom stereocenters. The number of carbonyl (C=O) groups excluding carboxylic acids is 1. The van der Waals surface area contributed by atoms with Gasteiger partial charge in [0.15, 0.2) is 0 Å². The van der Waals surface area contributed by atoms with E-state index in [1.807, 2.05) is 11.8 Å². The second-order valence-electron chi connectivity index (χ2n) is 9.80. The number of likely N-dealkylation sites (tertiary alicyclic amines) is 1. The molecule has 26 heavy (non-hydrogen) atoms. The summed E-state index contributed by atoms with van der Waals surface area (Å²) in [5.41, 5.74) is -0.762. The zero-order valence-electron chi connectivity index (χ0n) is 16.7. The Kier molecular flexibility index (Phi) is 5.72. The molecule has 5 nitrogen and oxygen atoms in total. The van der Waals surface area contributed by atoms with Crippen molar-refractivity contribution in [3.63, 3.8) is 0 Å². The fraction of sp³-hybridized carbons (Fsp3) is 0.952. The Hall–Kier alpha value is -0.650. The maximum atomic E-state index is 12.9. The lowest BCUT2D eigenvalue weighted by Gasteiger charge is -2.60. The molecule has 1 amide bonds. The van der Waals surface area contributed by atoms with Crippen LogP contribution in [0, 0.1) is 28.6 Å². The van der Waals surface area contributed by atoms with Crippen LogP contribution in [0.2, 0.25) is 0 Å². The summed E-state index contributed by atoms with van der Waals surface area (Å²) in [5, 5.41) is 31.4. The smallest absolute Gasteiger partial charge is 0.222 e. The molecule has 1 heterocycles. The molecule has 5 heteroatoms. The monoisotopic (exact) mass is 367 g/mol. The van der Waals surface area contributed by atoms with Crippen LogP contribution in [-0.2, 0) is 4.79 Å². The molecule has 0 aromatic carbocycles. The largest absolute Gasteiger partial charge is 0.396 e. The number of carbonyl (C=O) groups is 1. The highest BCUT2D eigenvalue weighted by atomic mass is 16.3. The van der Waals surface area contributed by atoms with E-state index in [0.29, 0.717) is 25.2 Å². The highest BCUT2D eigenvalue weighted by Crippen LogP contribution is 2.60. The van der Waals surface area contributed by atoms with Crippen LogP contribution in [0.5, 0.6) is 0 Å². The first-order chi connectivity index (χ1) is 12.2. The fourth-order valence-corrected chi connectivity index (χ4v) is 6.18. The summed E-state index contributed by atoms with van der Waals surface area (Å²) in [6.45, 7) is 8.00. The van der Waals surface area contributed by atoms with Crippen LogP contribution >= 0.6 is 0 Å². The first-order valence-electron chi connectivity index (χ1n) is 10.5. The number of rotatable bonds is 3. The third kappa shape index (κ3) is 3.31. The quantitative estimate of drug-likeness (QED) is 0.714. The van der Waals surface area contributed by atoms with E-state index in [-0.39, 0.29) is 29.8 Å². The lowest BCUT2D eigenvalue weighted by Crippen LogP contribution is -2.60. The van der Waals surface area contributed by atoms with Gasteiger partial charge < -0.3 is 20.2 Å². The zero-order valence-corrected chi connectivity index (χ0v) is 16.7. The van der Waals surface area contributed by atoms with Gasteiger partial charge in [-0.25, -0.2) is 0 Å². The van der Waals surface area contributed by atoms with Crippen molar-refractivity contribution in [1.29, 1.82) is 0 Å². The summed E-state index contributed by atoms with van der Waals surface area (Å²) in [6.07, 6.45) is 4.42. The van der Waals surface area contributed by atoms with E-state index in [1.54, 1.807) is 0 Å². The molecular weight excluding hydrogens is 330 g/mol. The Balaban J connectivity index is 1.78. The van der Waals surface area contributed by atoms with Gasteiger partial charge in [0.05, 0.1) is 18.8 Å². The van der Waals surface area contributed by atoms with E-state index >= 15 is 0 Å². The minimum Gasteiger partial charge on any atom is -0.396 e. The predicted octanol–water partition coefficient (Wildman–Crippen LogP) is 2.18. The molecule has 3 aliphatic rings. The van der Waals surface area contributed by atoms with E-state index in [2.05, 4.69) is 13.8 Å². The van der Waals surface area contributed by atoms with Crippen molar-refractivity contribution in [2.75, 3.05) is 19.7 Å². The van der Waals surface area contributed by atoms with Gasteiger partial charge in [0.25, 0.3) is 0 Å². The number of aliphatic hydroxyl groups excluding tert-OH is 3. The van der Waals surface area contributed by atoms with Gasteiger partial charge in [-0.15, -0.1) is 0 Å². The number of fused-ring (bicyclic) bond motifs is 1. The number of amides is 1. The molecule has 0 aromatic heterocycles. The molecule has 3 N–H and O–H groups in total. The van der Waals surface area contributed by atoms with Gasteiger partial charge in [-0.2, -0.15) is 0 Å². The van der Waals surface area contributed by atoms with Gasteiger partial charge in [-0.1, -0.05) is 20.8 Å². The summed E-state index contributed by atoms with van der Waals surface area (Å²) in [7, 11) is 0. The van der Waals surface area contributed by atoms with Crippen LogP contribution in [0.3, 0.4) is 0 Å². The number of nitrogens with zero attached hydrogens (tertiary/aromatic N) is 1. The zero-order chi connectivity index (χ0) is 19.1. The van der Waals surface area contributed by atoms with E-state index in [4.69, 9.17) is 0 Å².